The van der Waals surface area contributed by atoms with Gasteiger partial charge in [0.15, 0.2) is 0 Å². The van der Waals surface area contributed by atoms with Gasteiger partial charge in [0.2, 0.25) is 5.88 Å². The van der Waals surface area contributed by atoms with Gasteiger partial charge in [-0.05, 0) is 25.8 Å². The monoisotopic (exact) mass is 193 g/mol. The minimum Gasteiger partial charge on any atom is -0.481 e. The quantitative estimate of drug-likeness (QED) is 0.791. The molecule has 0 aliphatic heterocycles. The van der Waals surface area contributed by atoms with Crippen molar-refractivity contribution in [1.29, 1.82) is 0 Å². The van der Waals surface area contributed by atoms with Crippen LogP contribution in [0.3, 0.4) is 0 Å². The third-order valence-electron chi connectivity index (χ3n) is 3.09. The zero-order valence-corrected chi connectivity index (χ0v) is 8.53. The van der Waals surface area contributed by atoms with Crippen LogP contribution < -0.4 is 4.74 Å². The highest BCUT2D eigenvalue weighted by Gasteiger charge is 2.50. The molecule has 1 aromatic rings. The van der Waals surface area contributed by atoms with Gasteiger partial charge in [-0.15, -0.1) is 0 Å². The molecule has 0 bridgehead atoms. The van der Waals surface area contributed by atoms with Crippen molar-refractivity contribution < 1.29 is 9.84 Å². The normalized spacial score (nSPS) is 20.2. The first-order valence-electron chi connectivity index (χ1n) is 4.88. The second kappa shape index (κ2) is 3.24. The Morgan fingerprint density at radius 1 is 1.57 bits per heavy atom. The van der Waals surface area contributed by atoms with Gasteiger partial charge < -0.3 is 9.84 Å². The van der Waals surface area contributed by atoms with E-state index in [2.05, 4.69) is 4.98 Å². The molecule has 2 rings (SSSR count). The fourth-order valence-electron chi connectivity index (χ4n) is 1.98. The number of aliphatic hydroxyl groups is 1. The minimum atomic E-state index is -0.333. The molecule has 1 N–H and O–H groups in total. The summed E-state index contributed by atoms with van der Waals surface area (Å²) < 4.78 is 5.20. The summed E-state index contributed by atoms with van der Waals surface area (Å²) in [5.74, 6) is 0.644. The standard InChI is InChI=1S/C11H15NO2/c1-8(13)11(5-6-11)9-4-3-7-12-10(9)14-2/h3-4,7-8,13H,5-6H2,1-2H3. The molecule has 0 spiro atoms. The van der Waals surface area contributed by atoms with Crippen molar-refractivity contribution in [2.24, 2.45) is 0 Å². The lowest BCUT2D eigenvalue weighted by Gasteiger charge is -2.20. The SMILES string of the molecule is COc1ncccc1C1(C(C)O)CC1. The van der Waals surface area contributed by atoms with Gasteiger partial charge in [0.1, 0.15) is 0 Å². The van der Waals surface area contributed by atoms with Crippen LogP contribution in [0.25, 0.3) is 0 Å². The van der Waals surface area contributed by atoms with Crippen LogP contribution >= 0.6 is 0 Å². The highest BCUT2D eigenvalue weighted by molar-refractivity contribution is 5.39. The van der Waals surface area contributed by atoms with Gasteiger partial charge in [0.05, 0.1) is 13.2 Å². The first-order chi connectivity index (χ1) is 6.70. The average Bonchev–Trinajstić information content (AvgIpc) is 2.98. The summed E-state index contributed by atoms with van der Waals surface area (Å²) in [5, 5.41) is 9.73. The van der Waals surface area contributed by atoms with Crippen LogP contribution in [0.2, 0.25) is 0 Å². The number of rotatable bonds is 3. The van der Waals surface area contributed by atoms with Gasteiger partial charge in [-0.1, -0.05) is 6.07 Å². The second-order valence-electron chi connectivity index (χ2n) is 3.89. The first kappa shape index (κ1) is 9.46. The lowest BCUT2D eigenvalue weighted by Crippen LogP contribution is -2.23. The summed E-state index contributed by atoms with van der Waals surface area (Å²) in [6.45, 7) is 1.83. The Balaban J connectivity index is 2.41. The van der Waals surface area contributed by atoms with Gasteiger partial charge >= 0.3 is 0 Å². The molecule has 1 aliphatic rings. The van der Waals surface area contributed by atoms with E-state index in [0.717, 1.165) is 18.4 Å². The third kappa shape index (κ3) is 1.28. The number of pyridine rings is 1. The molecule has 1 fully saturated rings. The van der Waals surface area contributed by atoms with Crippen LogP contribution in [0, 0.1) is 0 Å². The molecule has 0 aromatic carbocycles. The molecular weight excluding hydrogens is 178 g/mol. The summed E-state index contributed by atoms with van der Waals surface area (Å²) in [4.78, 5) is 4.15. The molecule has 1 aromatic heterocycles. The van der Waals surface area contributed by atoms with Crippen LogP contribution in [0.15, 0.2) is 18.3 Å². The van der Waals surface area contributed by atoms with Crippen LogP contribution in [-0.2, 0) is 5.41 Å². The Kier molecular flexibility index (Phi) is 2.19. The number of aliphatic hydroxyl groups excluding tert-OH is 1. The van der Waals surface area contributed by atoms with Crippen molar-refractivity contribution >= 4 is 0 Å². The maximum Gasteiger partial charge on any atom is 0.216 e. The van der Waals surface area contributed by atoms with Gasteiger partial charge in [-0.3, -0.25) is 0 Å². The molecule has 76 valence electrons. The third-order valence-corrected chi connectivity index (χ3v) is 3.09. The molecule has 1 aliphatic carbocycles. The first-order valence-corrected chi connectivity index (χ1v) is 4.88. The minimum absolute atomic E-state index is 0.0976. The lowest BCUT2D eigenvalue weighted by molar-refractivity contribution is 0.148. The molecule has 1 atom stereocenters. The van der Waals surface area contributed by atoms with E-state index >= 15 is 0 Å². The summed E-state index contributed by atoms with van der Waals surface area (Å²) in [7, 11) is 1.62. The Morgan fingerprint density at radius 3 is 2.79 bits per heavy atom. The lowest BCUT2D eigenvalue weighted by atomic mass is 9.92. The molecule has 14 heavy (non-hydrogen) atoms. The Hall–Kier alpha value is -1.09. The zero-order valence-electron chi connectivity index (χ0n) is 8.53. The van der Waals surface area contributed by atoms with Gasteiger partial charge in [-0.2, -0.15) is 0 Å². The van der Waals surface area contributed by atoms with E-state index in [1.54, 1.807) is 13.3 Å². The number of hydrogen-bond donors (Lipinski definition) is 1. The molecular formula is C11H15NO2. The largest absolute Gasteiger partial charge is 0.481 e. The summed E-state index contributed by atoms with van der Waals surface area (Å²) in [5.41, 5.74) is 0.942. The maximum absolute atomic E-state index is 9.73. The van der Waals surface area contributed by atoms with Gasteiger partial charge in [0.25, 0.3) is 0 Å². The molecule has 3 nitrogen and oxygen atoms in total. The van der Waals surface area contributed by atoms with Crippen LogP contribution in [0.4, 0.5) is 0 Å². The highest BCUT2D eigenvalue weighted by atomic mass is 16.5. The van der Waals surface area contributed by atoms with Gasteiger partial charge in [0, 0.05) is 17.2 Å². The van der Waals surface area contributed by atoms with Crippen LogP contribution in [0.5, 0.6) is 5.88 Å². The summed E-state index contributed by atoms with van der Waals surface area (Å²) in [6.07, 6.45) is 3.42. The molecule has 0 radical (unpaired) electrons. The number of hydrogen-bond acceptors (Lipinski definition) is 3. The van der Waals surface area contributed by atoms with E-state index in [0.29, 0.717) is 5.88 Å². The van der Waals surface area contributed by atoms with Crippen molar-refractivity contribution in [2.75, 3.05) is 7.11 Å². The fraction of sp³-hybridized carbons (Fsp3) is 0.545. The number of methoxy groups -OCH3 is 1. The topological polar surface area (TPSA) is 42.4 Å². The Labute approximate surface area is 83.7 Å². The van der Waals surface area contributed by atoms with Crippen molar-refractivity contribution in [3.8, 4) is 5.88 Å². The molecule has 0 saturated heterocycles. The van der Waals surface area contributed by atoms with Crippen molar-refractivity contribution in [1.82, 2.24) is 4.98 Å². The Morgan fingerprint density at radius 2 is 2.29 bits per heavy atom. The predicted molar refractivity (Wildman–Crippen MR) is 53.4 cm³/mol. The molecule has 1 saturated carbocycles. The van der Waals surface area contributed by atoms with Crippen molar-refractivity contribution in [3.05, 3.63) is 23.9 Å². The van der Waals surface area contributed by atoms with E-state index in [9.17, 15) is 5.11 Å². The maximum atomic E-state index is 9.73. The van der Waals surface area contributed by atoms with Gasteiger partial charge in [-0.25, -0.2) is 4.98 Å². The van der Waals surface area contributed by atoms with Crippen LogP contribution in [0.1, 0.15) is 25.3 Å². The molecule has 1 heterocycles. The molecule has 3 heteroatoms. The molecule has 1 unspecified atom stereocenters. The zero-order chi connectivity index (χ0) is 10.2. The van der Waals surface area contributed by atoms with E-state index in [4.69, 9.17) is 4.74 Å². The highest BCUT2D eigenvalue weighted by Crippen LogP contribution is 2.53. The van der Waals surface area contributed by atoms with Crippen molar-refractivity contribution in [3.63, 3.8) is 0 Å². The van der Waals surface area contributed by atoms with E-state index in [1.807, 2.05) is 19.1 Å². The van der Waals surface area contributed by atoms with Crippen molar-refractivity contribution in [2.45, 2.75) is 31.3 Å². The smallest absolute Gasteiger partial charge is 0.216 e. The Bertz CT molecular complexity index is 332. The fourth-order valence-corrected chi connectivity index (χ4v) is 1.98. The number of aromatic nitrogens is 1. The summed E-state index contributed by atoms with van der Waals surface area (Å²) >= 11 is 0. The number of nitrogens with zero attached hydrogens (tertiary/aromatic N) is 1. The van der Waals surface area contributed by atoms with E-state index in [-0.39, 0.29) is 11.5 Å². The van der Waals surface area contributed by atoms with E-state index in [1.165, 1.54) is 0 Å². The molecule has 0 amide bonds. The average molecular weight is 193 g/mol. The number of ether oxygens (including phenoxy) is 1. The second-order valence-corrected chi connectivity index (χ2v) is 3.89. The predicted octanol–water partition coefficient (Wildman–Crippen LogP) is 1.50. The van der Waals surface area contributed by atoms with E-state index < -0.39 is 0 Å². The summed E-state index contributed by atoms with van der Waals surface area (Å²) in [6, 6.07) is 3.88. The van der Waals surface area contributed by atoms with Crippen LogP contribution in [-0.4, -0.2) is 23.3 Å².